The van der Waals surface area contributed by atoms with Gasteiger partial charge in [0.1, 0.15) is 11.9 Å². The number of aldehydes is 1. The van der Waals surface area contributed by atoms with E-state index >= 15 is 0 Å². The van der Waals surface area contributed by atoms with Crippen LogP contribution in [0.1, 0.15) is 23.4 Å². The molecule has 0 aliphatic carbocycles. The Labute approximate surface area is 149 Å². The van der Waals surface area contributed by atoms with Gasteiger partial charge in [0.2, 0.25) is 11.8 Å². The van der Waals surface area contributed by atoms with Crippen molar-refractivity contribution in [1.29, 1.82) is 0 Å². The van der Waals surface area contributed by atoms with Crippen LogP contribution < -0.4 is 16.0 Å². The molecule has 26 heavy (non-hydrogen) atoms. The van der Waals surface area contributed by atoms with E-state index in [1.807, 2.05) is 12.1 Å². The number of furan rings is 1. The molecule has 8 nitrogen and oxygen atoms in total. The van der Waals surface area contributed by atoms with Crippen LogP contribution in [0.25, 0.3) is 11.0 Å². The summed E-state index contributed by atoms with van der Waals surface area (Å²) in [7, 11) is 0. The smallest absolute Gasteiger partial charge is 0.287 e. The summed E-state index contributed by atoms with van der Waals surface area (Å²) < 4.78 is 5.42. The molecule has 136 valence electrons. The molecule has 8 heteroatoms. The molecule has 2 heterocycles. The fourth-order valence-electron chi connectivity index (χ4n) is 2.92. The van der Waals surface area contributed by atoms with E-state index < -0.39 is 17.9 Å². The second-order valence-electron chi connectivity index (χ2n) is 6.15. The number of carbonyl (C=O) groups is 4. The van der Waals surface area contributed by atoms with E-state index in [4.69, 9.17) is 4.42 Å². The van der Waals surface area contributed by atoms with Crippen molar-refractivity contribution < 1.29 is 23.6 Å². The van der Waals surface area contributed by atoms with Crippen LogP contribution in [-0.2, 0) is 14.4 Å². The van der Waals surface area contributed by atoms with Gasteiger partial charge >= 0.3 is 0 Å². The molecular formula is C18H19N3O5. The number of amides is 3. The molecule has 1 aromatic heterocycles. The molecule has 1 fully saturated rings. The first-order valence-corrected chi connectivity index (χ1v) is 8.36. The SMILES string of the molecule is O=CC(CC1CCNC1=O)NC(=O)CNC(=O)c1cc2ccccc2o1. The van der Waals surface area contributed by atoms with Crippen LogP contribution in [0.15, 0.2) is 34.7 Å². The van der Waals surface area contributed by atoms with Crippen LogP contribution in [-0.4, -0.2) is 43.1 Å². The van der Waals surface area contributed by atoms with Crippen molar-refractivity contribution in [3.8, 4) is 0 Å². The van der Waals surface area contributed by atoms with Gasteiger partial charge in [-0.15, -0.1) is 0 Å². The summed E-state index contributed by atoms with van der Waals surface area (Å²) in [6, 6.07) is 8.01. The molecule has 1 aliphatic heterocycles. The third kappa shape index (κ3) is 4.08. The van der Waals surface area contributed by atoms with Gasteiger partial charge in [0.15, 0.2) is 5.76 Å². The van der Waals surface area contributed by atoms with Gasteiger partial charge in [0.05, 0.1) is 12.6 Å². The predicted octanol–water partition coefficient (Wildman–Crippen LogP) is 0.373. The summed E-state index contributed by atoms with van der Waals surface area (Å²) >= 11 is 0. The standard InChI is InChI=1S/C18H19N3O5/c22-10-13(7-12-5-6-19-17(12)24)21-16(23)9-20-18(25)15-8-11-3-1-2-4-14(11)26-15/h1-4,8,10,12-13H,5-7,9H2,(H,19,24)(H,20,25)(H,21,23). The Morgan fingerprint density at radius 2 is 2.15 bits per heavy atom. The summed E-state index contributed by atoms with van der Waals surface area (Å²) in [6.07, 6.45) is 1.49. The van der Waals surface area contributed by atoms with Crippen LogP contribution in [0.3, 0.4) is 0 Å². The second-order valence-corrected chi connectivity index (χ2v) is 6.15. The van der Waals surface area contributed by atoms with Crippen molar-refractivity contribution in [2.24, 2.45) is 5.92 Å². The minimum atomic E-state index is -0.764. The monoisotopic (exact) mass is 357 g/mol. The van der Waals surface area contributed by atoms with Crippen LogP contribution >= 0.6 is 0 Å². The van der Waals surface area contributed by atoms with Crippen molar-refractivity contribution in [1.82, 2.24) is 16.0 Å². The van der Waals surface area contributed by atoms with Gasteiger partial charge in [0, 0.05) is 17.8 Å². The highest BCUT2D eigenvalue weighted by Gasteiger charge is 2.27. The van der Waals surface area contributed by atoms with Crippen molar-refractivity contribution in [2.45, 2.75) is 18.9 Å². The Kier molecular flexibility index (Phi) is 5.31. The Balaban J connectivity index is 1.50. The number of hydrogen-bond acceptors (Lipinski definition) is 5. The molecule has 0 radical (unpaired) electrons. The van der Waals surface area contributed by atoms with Gasteiger partial charge in [-0.3, -0.25) is 14.4 Å². The maximum absolute atomic E-state index is 12.1. The first-order chi connectivity index (χ1) is 12.6. The second kappa shape index (κ2) is 7.81. The number of benzene rings is 1. The molecule has 0 bridgehead atoms. The molecular weight excluding hydrogens is 338 g/mol. The first-order valence-electron chi connectivity index (χ1n) is 8.36. The van der Waals surface area contributed by atoms with E-state index in [0.717, 1.165) is 5.39 Å². The lowest BCUT2D eigenvalue weighted by Gasteiger charge is -2.15. The van der Waals surface area contributed by atoms with E-state index in [1.54, 1.807) is 18.2 Å². The zero-order valence-electron chi connectivity index (χ0n) is 14.0. The lowest BCUT2D eigenvalue weighted by molar-refractivity contribution is -0.125. The van der Waals surface area contributed by atoms with Gasteiger partial charge < -0.3 is 25.2 Å². The van der Waals surface area contributed by atoms with Crippen molar-refractivity contribution in [3.63, 3.8) is 0 Å². The molecule has 2 unspecified atom stereocenters. The molecule has 2 atom stereocenters. The average molecular weight is 357 g/mol. The summed E-state index contributed by atoms with van der Waals surface area (Å²) in [5, 5.41) is 8.44. The van der Waals surface area contributed by atoms with E-state index in [2.05, 4.69) is 16.0 Å². The van der Waals surface area contributed by atoms with Gasteiger partial charge in [-0.05, 0) is 25.0 Å². The predicted molar refractivity (Wildman–Crippen MR) is 92.3 cm³/mol. The molecule has 3 rings (SSSR count). The third-order valence-electron chi connectivity index (χ3n) is 4.27. The first kappa shape index (κ1) is 17.7. The minimum absolute atomic E-state index is 0.105. The number of hydrogen-bond donors (Lipinski definition) is 3. The quantitative estimate of drug-likeness (QED) is 0.619. The van der Waals surface area contributed by atoms with Crippen molar-refractivity contribution in [2.75, 3.05) is 13.1 Å². The summed E-state index contributed by atoms with van der Waals surface area (Å²) in [5.74, 6) is -1.31. The molecule has 3 N–H and O–H groups in total. The van der Waals surface area contributed by atoms with Crippen LogP contribution in [0, 0.1) is 5.92 Å². The topological polar surface area (TPSA) is 118 Å². The minimum Gasteiger partial charge on any atom is -0.451 e. The maximum Gasteiger partial charge on any atom is 0.287 e. The van der Waals surface area contributed by atoms with Crippen LogP contribution in [0.2, 0.25) is 0 Å². The van der Waals surface area contributed by atoms with E-state index in [0.29, 0.717) is 24.8 Å². The number of fused-ring (bicyclic) bond motifs is 1. The van der Waals surface area contributed by atoms with Gasteiger partial charge in [0.25, 0.3) is 5.91 Å². The average Bonchev–Trinajstić information content (AvgIpc) is 3.25. The van der Waals surface area contributed by atoms with Gasteiger partial charge in [-0.2, -0.15) is 0 Å². The Hall–Kier alpha value is -3.16. The maximum atomic E-state index is 12.1. The summed E-state index contributed by atoms with van der Waals surface area (Å²) in [4.78, 5) is 46.7. The van der Waals surface area contributed by atoms with Gasteiger partial charge in [-0.25, -0.2) is 0 Å². The largest absolute Gasteiger partial charge is 0.451 e. The molecule has 0 saturated carbocycles. The normalized spacial score (nSPS) is 17.5. The lowest BCUT2D eigenvalue weighted by Crippen LogP contribution is -2.43. The van der Waals surface area contributed by atoms with Crippen molar-refractivity contribution in [3.05, 3.63) is 36.1 Å². The van der Waals surface area contributed by atoms with E-state index in [1.165, 1.54) is 0 Å². The molecule has 1 aromatic carbocycles. The fourth-order valence-corrected chi connectivity index (χ4v) is 2.92. The molecule has 1 saturated heterocycles. The summed E-state index contributed by atoms with van der Waals surface area (Å²) in [5.41, 5.74) is 0.581. The molecule has 3 amide bonds. The highest BCUT2D eigenvalue weighted by atomic mass is 16.3. The molecule has 2 aromatic rings. The van der Waals surface area contributed by atoms with Crippen LogP contribution in [0.4, 0.5) is 0 Å². The summed E-state index contributed by atoms with van der Waals surface area (Å²) in [6.45, 7) is 0.285. The Bertz CT molecular complexity index is 811. The number of carbonyl (C=O) groups excluding carboxylic acids is 4. The zero-order valence-corrected chi connectivity index (χ0v) is 14.0. The third-order valence-corrected chi connectivity index (χ3v) is 4.27. The number of para-hydroxylation sites is 1. The van der Waals surface area contributed by atoms with Crippen LogP contribution in [0.5, 0.6) is 0 Å². The highest BCUT2D eigenvalue weighted by Crippen LogP contribution is 2.18. The Morgan fingerprint density at radius 1 is 1.35 bits per heavy atom. The fraction of sp³-hybridized carbons (Fsp3) is 0.333. The van der Waals surface area contributed by atoms with E-state index in [9.17, 15) is 19.2 Å². The van der Waals surface area contributed by atoms with Gasteiger partial charge in [-0.1, -0.05) is 18.2 Å². The molecule has 1 aliphatic rings. The highest BCUT2D eigenvalue weighted by molar-refractivity contribution is 5.98. The zero-order chi connectivity index (χ0) is 18.5. The number of rotatable bonds is 7. The Morgan fingerprint density at radius 3 is 2.85 bits per heavy atom. The van der Waals surface area contributed by atoms with Crippen molar-refractivity contribution >= 4 is 35.0 Å². The number of nitrogens with one attached hydrogen (secondary N) is 3. The lowest BCUT2D eigenvalue weighted by atomic mass is 9.99. The molecule has 0 spiro atoms. The van der Waals surface area contributed by atoms with E-state index in [-0.39, 0.29) is 30.6 Å².